The van der Waals surface area contributed by atoms with Crippen molar-refractivity contribution in [2.24, 2.45) is 5.10 Å². The summed E-state index contributed by atoms with van der Waals surface area (Å²) in [5.41, 5.74) is 5.93. The van der Waals surface area contributed by atoms with Gasteiger partial charge < -0.3 is 14.8 Å². The molecule has 194 valence electrons. The van der Waals surface area contributed by atoms with Crippen molar-refractivity contribution >= 4 is 75.0 Å². The Bertz CT molecular complexity index is 1450. The Labute approximate surface area is 237 Å². The van der Waals surface area contributed by atoms with Gasteiger partial charge in [-0.05, 0) is 54.1 Å². The van der Waals surface area contributed by atoms with E-state index >= 15 is 0 Å². The molecule has 1 aromatic heterocycles. The minimum Gasteiger partial charge on any atom is -0.479 e. The molecule has 4 aromatic rings. The number of hydrogen-bond acceptors (Lipinski definition) is 8. The topological polar surface area (TPSA) is 102 Å². The van der Waals surface area contributed by atoms with Crippen LogP contribution in [0.1, 0.15) is 15.9 Å². The van der Waals surface area contributed by atoms with Gasteiger partial charge in [-0.25, -0.2) is 15.2 Å². The second-order valence-electron chi connectivity index (χ2n) is 7.62. The van der Waals surface area contributed by atoms with E-state index in [-0.39, 0.29) is 22.4 Å². The summed E-state index contributed by atoms with van der Waals surface area (Å²) in [6.07, 6.45) is 1.39. The number of nitrogens with zero attached hydrogens (tertiary/aromatic N) is 2. The van der Waals surface area contributed by atoms with Gasteiger partial charge in [-0.2, -0.15) is 5.10 Å². The van der Waals surface area contributed by atoms with Crippen LogP contribution in [0.25, 0.3) is 11.3 Å². The van der Waals surface area contributed by atoms with Gasteiger partial charge in [0.05, 0.1) is 29.1 Å². The van der Waals surface area contributed by atoms with Crippen LogP contribution in [0.4, 0.5) is 10.8 Å². The standard InChI is InChI=1S/C26H19Cl3N4O4S/c1-36-23(34)13-37-24-20(28)10-15(11-21(24)29)12-30-33-25(35)17-4-2-16(3-5-17)22-14-38-26(32-22)31-19-8-6-18(27)7-9-19/h2-12,14H,13H2,1H3,(H,31,32)(H,33,35)/b30-12-. The van der Waals surface area contributed by atoms with E-state index in [1.54, 1.807) is 24.3 Å². The van der Waals surface area contributed by atoms with Crippen molar-refractivity contribution in [3.63, 3.8) is 0 Å². The first-order valence-electron chi connectivity index (χ1n) is 10.9. The molecule has 0 bridgehead atoms. The summed E-state index contributed by atoms with van der Waals surface area (Å²) >= 11 is 19.8. The molecule has 38 heavy (non-hydrogen) atoms. The van der Waals surface area contributed by atoms with Crippen LogP contribution in [0.15, 0.2) is 71.1 Å². The molecule has 0 fully saturated rings. The molecule has 12 heteroatoms. The zero-order valence-corrected chi connectivity index (χ0v) is 22.8. The molecule has 0 atom stereocenters. The van der Waals surface area contributed by atoms with E-state index in [9.17, 15) is 9.59 Å². The van der Waals surface area contributed by atoms with E-state index in [0.29, 0.717) is 16.1 Å². The molecule has 0 spiro atoms. The SMILES string of the molecule is COC(=O)COc1c(Cl)cc(/C=N\NC(=O)c2ccc(-c3csc(Nc4ccc(Cl)cc4)n3)cc2)cc1Cl. The molecular weight excluding hydrogens is 571 g/mol. The molecular formula is C26H19Cl3N4O4S. The van der Waals surface area contributed by atoms with Crippen LogP contribution < -0.4 is 15.5 Å². The average molecular weight is 590 g/mol. The van der Waals surface area contributed by atoms with Crippen molar-refractivity contribution in [3.8, 4) is 17.0 Å². The number of methoxy groups -OCH3 is 1. The Balaban J connectivity index is 1.34. The summed E-state index contributed by atoms with van der Waals surface area (Å²) in [4.78, 5) is 28.4. The van der Waals surface area contributed by atoms with E-state index < -0.39 is 11.9 Å². The van der Waals surface area contributed by atoms with Gasteiger partial charge in [0.25, 0.3) is 5.91 Å². The van der Waals surface area contributed by atoms with Crippen LogP contribution in [0, 0.1) is 0 Å². The molecule has 0 saturated heterocycles. The third-order valence-corrected chi connectivity index (χ3v) is 6.58. The number of rotatable bonds is 9. The summed E-state index contributed by atoms with van der Waals surface area (Å²) in [5.74, 6) is -0.819. The fourth-order valence-corrected chi connectivity index (χ4v) is 4.60. The maximum absolute atomic E-state index is 12.5. The lowest BCUT2D eigenvalue weighted by molar-refractivity contribution is -0.142. The summed E-state index contributed by atoms with van der Waals surface area (Å²) in [6, 6.07) is 17.4. The maximum Gasteiger partial charge on any atom is 0.343 e. The van der Waals surface area contributed by atoms with E-state index in [1.807, 2.05) is 29.6 Å². The largest absolute Gasteiger partial charge is 0.479 e. The monoisotopic (exact) mass is 588 g/mol. The molecule has 1 heterocycles. The second kappa shape index (κ2) is 12.7. The number of nitrogens with one attached hydrogen (secondary N) is 2. The van der Waals surface area contributed by atoms with Crippen molar-refractivity contribution in [1.29, 1.82) is 0 Å². The van der Waals surface area contributed by atoms with Gasteiger partial charge in [-0.15, -0.1) is 11.3 Å². The Hall–Kier alpha value is -3.63. The van der Waals surface area contributed by atoms with Crippen molar-refractivity contribution < 1.29 is 19.1 Å². The van der Waals surface area contributed by atoms with Crippen LogP contribution >= 0.6 is 46.1 Å². The molecule has 8 nitrogen and oxygen atoms in total. The molecule has 0 unspecified atom stereocenters. The Kier molecular flexibility index (Phi) is 9.19. The van der Waals surface area contributed by atoms with Gasteiger partial charge >= 0.3 is 5.97 Å². The fraction of sp³-hybridized carbons (Fsp3) is 0.0769. The number of esters is 1. The van der Waals surface area contributed by atoms with Gasteiger partial charge in [0.15, 0.2) is 17.5 Å². The van der Waals surface area contributed by atoms with E-state index in [4.69, 9.17) is 39.5 Å². The predicted molar refractivity (Wildman–Crippen MR) is 151 cm³/mol. The molecule has 1 amide bonds. The smallest absolute Gasteiger partial charge is 0.343 e. The van der Waals surface area contributed by atoms with Crippen molar-refractivity contribution in [3.05, 3.63) is 92.2 Å². The highest BCUT2D eigenvalue weighted by Gasteiger charge is 2.12. The molecule has 3 aromatic carbocycles. The molecule has 0 aliphatic rings. The summed E-state index contributed by atoms with van der Waals surface area (Å²) in [5, 5.41) is 10.9. The van der Waals surface area contributed by atoms with Crippen LogP contribution in [-0.2, 0) is 9.53 Å². The second-order valence-corrected chi connectivity index (χ2v) is 9.73. The zero-order valence-electron chi connectivity index (χ0n) is 19.7. The quantitative estimate of drug-likeness (QED) is 0.126. The van der Waals surface area contributed by atoms with Gasteiger partial charge in [0.1, 0.15) is 0 Å². The van der Waals surface area contributed by atoms with E-state index in [2.05, 4.69) is 25.6 Å². The predicted octanol–water partition coefficient (Wildman–Crippen LogP) is 6.83. The minimum absolute atomic E-state index is 0.146. The number of aromatic nitrogens is 1. The lowest BCUT2D eigenvalue weighted by atomic mass is 10.1. The molecule has 0 radical (unpaired) electrons. The first-order chi connectivity index (χ1) is 18.3. The number of halogens is 3. The molecule has 0 aliphatic heterocycles. The lowest BCUT2D eigenvalue weighted by Gasteiger charge is -2.09. The van der Waals surface area contributed by atoms with Gasteiger partial charge in [0, 0.05) is 27.2 Å². The Morgan fingerprint density at radius 1 is 1.03 bits per heavy atom. The van der Waals surface area contributed by atoms with Crippen molar-refractivity contribution in [2.45, 2.75) is 0 Å². The first kappa shape index (κ1) is 27.4. The number of benzene rings is 3. The number of carbonyl (C=O) groups is 2. The van der Waals surface area contributed by atoms with E-state index in [0.717, 1.165) is 22.1 Å². The number of amides is 1. The number of hydrogen-bond donors (Lipinski definition) is 2. The zero-order chi connectivity index (χ0) is 27.1. The van der Waals surface area contributed by atoms with E-state index in [1.165, 1.54) is 36.8 Å². The highest BCUT2D eigenvalue weighted by Crippen LogP contribution is 2.34. The summed E-state index contributed by atoms with van der Waals surface area (Å²) in [6.45, 7) is -0.331. The lowest BCUT2D eigenvalue weighted by Crippen LogP contribution is -2.17. The first-order valence-corrected chi connectivity index (χ1v) is 12.9. The van der Waals surface area contributed by atoms with Gasteiger partial charge in [-0.3, -0.25) is 4.79 Å². The number of carbonyl (C=O) groups excluding carboxylic acids is 2. The van der Waals surface area contributed by atoms with Crippen LogP contribution in [-0.4, -0.2) is 36.8 Å². The van der Waals surface area contributed by atoms with Crippen LogP contribution in [0.3, 0.4) is 0 Å². The maximum atomic E-state index is 12.5. The highest BCUT2D eigenvalue weighted by molar-refractivity contribution is 7.14. The van der Waals surface area contributed by atoms with Gasteiger partial charge in [-0.1, -0.05) is 46.9 Å². The molecule has 4 rings (SSSR count). The molecule has 0 aliphatic carbocycles. The minimum atomic E-state index is -0.569. The average Bonchev–Trinajstić information content (AvgIpc) is 3.38. The number of ether oxygens (including phenoxy) is 2. The third-order valence-electron chi connectivity index (χ3n) is 5.00. The number of anilines is 2. The Morgan fingerprint density at radius 2 is 1.71 bits per heavy atom. The van der Waals surface area contributed by atoms with Crippen molar-refractivity contribution in [1.82, 2.24) is 10.4 Å². The highest BCUT2D eigenvalue weighted by atomic mass is 35.5. The number of thiazole rings is 1. The fourth-order valence-electron chi connectivity index (χ4n) is 3.12. The number of hydrazone groups is 1. The summed E-state index contributed by atoms with van der Waals surface area (Å²) < 4.78 is 9.80. The van der Waals surface area contributed by atoms with Gasteiger partial charge in [0.2, 0.25) is 0 Å². The van der Waals surface area contributed by atoms with Crippen LogP contribution in [0.2, 0.25) is 15.1 Å². The summed E-state index contributed by atoms with van der Waals surface area (Å²) in [7, 11) is 1.25. The Morgan fingerprint density at radius 3 is 2.37 bits per heavy atom. The molecule has 0 saturated carbocycles. The van der Waals surface area contributed by atoms with Crippen molar-refractivity contribution in [2.75, 3.05) is 19.0 Å². The van der Waals surface area contributed by atoms with Crippen LogP contribution in [0.5, 0.6) is 5.75 Å². The third kappa shape index (κ3) is 7.23. The normalized spacial score (nSPS) is 10.8. The molecule has 2 N–H and O–H groups in total.